The molecule has 0 atom stereocenters. The lowest BCUT2D eigenvalue weighted by Gasteiger charge is -2.20. The fourth-order valence-corrected chi connectivity index (χ4v) is 5.31. The number of thiazole rings is 2. The van der Waals surface area contributed by atoms with Crippen molar-refractivity contribution in [1.82, 2.24) is 14.9 Å². The molecule has 27 heavy (non-hydrogen) atoms. The summed E-state index contributed by atoms with van der Waals surface area (Å²) in [5.74, 6) is -0.0513. The molecule has 142 valence electrons. The van der Waals surface area contributed by atoms with Gasteiger partial charge in [0, 0.05) is 31.1 Å². The number of anilines is 1. The van der Waals surface area contributed by atoms with Gasteiger partial charge in [-0.15, -0.1) is 22.7 Å². The zero-order chi connectivity index (χ0) is 19.4. The molecule has 2 heterocycles. The van der Waals surface area contributed by atoms with Crippen LogP contribution in [0, 0.1) is 0 Å². The summed E-state index contributed by atoms with van der Waals surface area (Å²) in [6.07, 6.45) is 1.76. The molecular weight excluding hydrogens is 404 g/mol. The van der Waals surface area contributed by atoms with Gasteiger partial charge in [-0.1, -0.05) is 18.2 Å². The van der Waals surface area contributed by atoms with Crippen molar-refractivity contribution in [2.75, 3.05) is 18.4 Å². The van der Waals surface area contributed by atoms with Crippen LogP contribution in [0.2, 0.25) is 0 Å². The van der Waals surface area contributed by atoms with Gasteiger partial charge in [-0.25, -0.2) is 22.7 Å². The van der Waals surface area contributed by atoms with Gasteiger partial charge in [0.25, 0.3) is 10.0 Å². The summed E-state index contributed by atoms with van der Waals surface area (Å²) >= 11 is 2.59. The first kappa shape index (κ1) is 19.5. The Balaban J connectivity index is 1.88. The van der Waals surface area contributed by atoms with Crippen LogP contribution < -0.4 is 4.31 Å². The van der Waals surface area contributed by atoms with E-state index >= 15 is 0 Å². The van der Waals surface area contributed by atoms with E-state index in [9.17, 15) is 13.2 Å². The second kappa shape index (κ2) is 8.15. The molecule has 0 aliphatic carbocycles. The van der Waals surface area contributed by atoms with E-state index in [2.05, 4.69) is 9.97 Å². The molecule has 7 nitrogen and oxygen atoms in total. The Morgan fingerprint density at radius 1 is 1.15 bits per heavy atom. The molecule has 0 bridgehead atoms. The van der Waals surface area contributed by atoms with Crippen LogP contribution in [0.5, 0.6) is 0 Å². The molecule has 1 amide bonds. The molecular formula is C17H18N4O3S3. The van der Waals surface area contributed by atoms with Crippen molar-refractivity contribution in [3.8, 4) is 0 Å². The smallest absolute Gasteiger partial charge is 0.266 e. The Morgan fingerprint density at radius 2 is 1.89 bits per heavy atom. The Morgan fingerprint density at radius 3 is 2.52 bits per heavy atom. The van der Waals surface area contributed by atoms with E-state index in [0.717, 1.165) is 0 Å². The van der Waals surface area contributed by atoms with Crippen LogP contribution in [0.15, 0.2) is 52.2 Å². The second-order valence-corrected chi connectivity index (χ2v) is 9.51. The van der Waals surface area contributed by atoms with Crippen LogP contribution in [0.4, 0.5) is 5.13 Å². The summed E-state index contributed by atoms with van der Waals surface area (Å²) in [5, 5.41) is 4.53. The summed E-state index contributed by atoms with van der Waals surface area (Å²) in [7, 11) is -0.403. The van der Waals surface area contributed by atoms with Crippen molar-refractivity contribution < 1.29 is 13.2 Å². The fourth-order valence-electron chi connectivity index (χ4n) is 2.25. The Bertz CT molecular complexity index is 999. The highest BCUT2D eigenvalue weighted by molar-refractivity contribution is 7.93. The maximum Gasteiger partial charge on any atom is 0.266 e. The van der Waals surface area contributed by atoms with Crippen molar-refractivity contribution in [2.24, 2.45) is 0 Å². The predicted octanol–water partition coefficient (Wildman–Crippen LogP) is 2.63. The monoisotopic (exact) mass is 422 g/mol. The number of sulfonamides is 1. The zero-order valence-corrected chi connectivity index (χ0v) is 17.2. The van der Waals surface area contributed by atoms with Gasteiger partial charge in [0.15, 0.2) is 5.13 Å². The summed E-state index contributed by atoms with van der Waals surface area (Å²) in [6.45, 7) is 0.0530. The molecule has 0 spiro atoms. The minimum atomic E-state index is -3.78. The predicted molar refractivity (Wildman–Crippen MR) is 106 cm³/mol. The highest BCUT2D eigenvalue weighted by Crippen LogP contribution is 2.28. The number of carbonyl (C=O) groups is 1. The van der Waals surface area contributed by atoms with Gasteiger partial charge in [0.05, 0.1) is 23.6 Å². The third-order valence-electron chi connectivity index (χ3n) is 3.67. The van der Waals surface area contributed by atoms with Crippen LogP contribution in [-0.2, 0) is 27.8 Å². The number of rotatable bonds is 7. The minimum Gasteiger partial charge on any atom is -0.348 e. The number of hydrogen-bond donors (Lipinski definition) is 0. The number of hydrogen-bond acceptors (Lipinski definition) is 7. The third kappa shape index (κ3) is 4.52. The number of aromatic nitrogens is 2. The number of amides is 1. The lowest BCUT2D eigenvalue weighted by molar-refractivity contribution is -0.127. The summed E-state index contributed by atoms with van der Waals surface area (Å²) in [5.41, 5.74) is 0.580. The molecule has 0 radical (unpaired) electrons. The summed E-state index contributed by atoms with van der Waals surface area (Å²) in [6, 6.07) is 8.24. The Kier molecular flexibility index (Phi) is 5.88. The molecule has 3 aromatic rings. The normalized spacial score (nSPS) is 11.3. The van der Waals surface area contributed by atoms with Gasteiger partial charge in [-0.05, 0) is 12.1 Å². The summed E-state index contributed by atoms with van der Waals surface area (Å²) in [4.78, 5) is 22.1. The average molecular weight is 423 g/mol. The third-order valence-corrected chi connectivity index (χ3v) is 7.23. The quantitative estimate of drug-likeness (QED) is 0.584. The number of benzene rings is 1. The lowest BCUT2D eigenvalue weighted by Crippen LogP contribution is -2.30. The van der Waals surface area contributed by atoms with Crippen molar-refractivity contribution >= 4 is 43.7 Å². The van der Waals surface area contributed by atoms with Crippen LogP contribution in [-0.4, -0.2) is 43.3 Å². The molecule has 0 N–H and O–H groups in total. The Hall–Kier alpha value is -2.30. The van der Waals surface area contributed by atoms with E-state index in [0.29, 0.717) is 15.8 Å². The van der Waals surface area contributed by atoms with Gasteiger partial charge in [0.1, 0.15) is 5.01 Å². The van der Waals surface area contributed by atoms with Crippen molar-refractivity contribution in [3.63, 3.8) is 0 Å². The van der Waals surface area contributed by atoms with E-state index in [1.807, 2.05) is 0 Å². The van der Waals surface area contributed by atoms with Gasteiger partial charge < -0.3 is 4.90 Å². The van der Waals surface area contributed by atoms with E-state index in [4.69, 9.17) is 0 Å². The number of likely N-dealkylation sites (N-methyl/N-ethyl adjacent to an activating group) is 1. The van der Waals surface area contributed by atoms with Gasteiger partial charge >= 0.3 is 0 Å². The largest absolute Gasteiger partial charge is 0.348 e. The van der Waals surface area contributed by atoms with Gasteiger partial charge in [-0.2, -0.15) is 0 Å². The van der Waals surface area contributed by atoms with E-state index < -0.39 is 10.0 Å². The molecule has 10 heteroatoms. The van der Waals surface area contributed by atoms with E-state index in [-0.39, 0.29) is 23.8 Å². The van der Waals surface area contributed by atoms with Gasteiger partial charge in [0.2, 0.25) is 5.91 Å². The van der Waals surface area contributed by atoms with Crippen LogP contribution in [0.25, 0.3) is 0 Å². The topological polar surface area (TPSA) is 83.5 Å². The fraction of sp³-hybridized carbons (Fsp3) is 0.235. The summed E-state index contributed by atoms with van der Waals surface area (Å²) < 4.78 is 27.5. The standard InChI is InChI=1S/C17H18N4O3S3/c1-20(2)16(22)10-15-19-13(12-26-15)11-21(17-18-8-9-25-17)27(23,24)14-6-4-3-5-7-14/h3-9,12H,10-11H2,1-2H3. The second-order valence-electron chi connectivity index (χ2n) is 5.84. The SMILES string of the molecule is CN(C)C(=O)Cc1nc(CN(c2nccs2)S(=O)(=O)c2ccccc2)cs1. The van der Waals surface area contributed by atoms with Gasteiger partial charge in [-0.3, -0.25) is 4.79 Å². The van der Waals surface area contributed by atoms with Crippen molar-refractivity contribution in [3.05, 3.63) is 58.0 Å². The molecule has 2 aromatic heterocycles. The van der Waals surface area contributed by atoms with Crippen LogP contribution >= 0.6 is 22.7 Å². The van der Waals surface area contributed by atoms with E-state index in [1.54, 1.807) is 61.4 Å². The average Bonchev–Trinajstić information content (AvgIpc) is 3.32. The first-order valence-electron chi connectivity index (χ1n) is 7.98. The van der Waals surface area contributed by atoms with E-state index in [1.165, 1.54) is 31.9 Å². The molecule has 0 aliphatic heterocycles. The first-order chi connectivity index (χ1) is 12.9. The Labute approximate surface area is 166 Å². The molecule has 0 unspecified atom stereocenters. The maximum absolute atomic E-state index is 13.1. The first-order valence-corrected chi connectivity index (χ1v) is 11.2. The minimum absolute atomic E-state index is 0.0513. The maximum atomic E-state index is 13.1. The highest BCUT2D eigenvalue weighted by Gasteiger charge is 2.27. The highest BCUT2D eigenvalue weighted by atomic mass is 32.2. The zero-order valence-electron chi connectivity index (χ0n) is 14.8. The molecule has 0 fully saturated rings. The van der Waals surface area contributed by atoms with Crippen LogP contribution in [0.1, 0.15) is 10.7 Å². The number of nitrogens with zero attached hydrogens (tertiary/aromatic N) is 4. The van der Waals surface area contributed by atoms with Crippen molar-refractivity contribution in [2.45, 2.75) is 17.9 Å². The molecule has 3 rings (SSSR count). The number of carbonyl (C=O) groups excluding carboxylic acids is 1. The molecule has 1 aromatic carbocycles. The molecule has 0 aliphatic rings. The molecule has 0 saturated carbocycles. The van der Waals surface area contributed by atoms with Crippen molar-refractivity contribution in [1.29, 1.82) is 0 Å². The lowest BCUT2D eigenvalue weighted by atomic mass is 10.4. The van der Waals surface area contributed by atoms with Crippen LogP contribution in [0.3, 0.4) is 0 Å². The molecule has 0 saturated heterocycles.